The lowest BCUT2D eigenvalue weighted by molar-refractivity contribution is -0.115. The number of para-hydroxylation sites is 2. The Labute approximate surface area is 245 Å². The van der Waals surface area contributed by atoms with Crippen molar-refractivity contribution in [3.8, 4) is 5.75 Å². The van der Waals surface area contributed by atoms with Crippen LogP contribution in [0, 0.1) is 5.82 Å². The lowest BCUT2D eigenvalue weighted by Crippen LogP contribution is -2.47. The smallest absolute Gasteiger partial charge is 0.253 e. The van der Waals surface area contributed by atoms with Crippen LogP contribution >= 0.6 is 0 Å². The van der Waals surface area contributed by atoms with E-state index in [0.717, 1.165) is 35.8 Å². The molecule has 8 heteroatoms. The van der Waals surface area contributed by atoms with Gasteiger partial charge in [0, 0.05) is 37.6 Å². The maximum Gasteiger partial charge on any atom is 0.253 e. The highest BCUT2D eigenvalue weighted by molar-refractivity contribution is 6.02. The Balaban J connectivity index is 1.35. The number of rotatable bonds is 9. The molecule has 42 heavy (non-hydrogen) atoms. The van der Waals surface area contributed by atoms with Gasteiger partial charge in [0.15, 0.2) is 0 Å². The van der Waals surface area contributed by atoms with E-state index >= 15 is 0 Å². The quantitative estimate of drug-likeness (QED) is 0.267. The minimum atomic E-state index is -0.348. The molecular weight excluding hydrogens is 531 g/mol. The third-order valence-corrected chi connectivity index (χ3v) is 7.50. The Hall–Kier alpha value is -4.85. The molecule has 2 amide bonds. The number of ether oxygens (including phenoxy) is 1. The van der Waals surface area contributed by atoms with Crippen molar-refractivity contribution < 1.29 is 18.7 Å². The fourth-order valence-electron chi connectivity index (χ4n) is 5.24. The summed E-state index contributed by atoms with van der Waals surface area (Å²) in [7, 11) is 1.68. The second-order valence-electron chi connectivity index (χ2n) is 10.3. The monoisotopic (exact) mass is 566 g/mol. The molecule has 1 aliphatic heterocycles. The van der Waals surface area contributed by atoms with Gasteiger partial charge in [-0.25, -0.2) is 4.39 Å². The second kappa shape index (κ2) is 13.2. The molecule has 4 aromatic rings. The largest absolute Gasteiger partial charge is 0.495 e. The van der Waals surface area contributed by atoms with Crippen molar-refractivity contribution in [1.82, 2.24) is 5.32 Å². The van der Waals surface area contributed by atoms with E-state index in [0.29, 0.717) is 29.9 Å². The number of anilines is 3. The zero-order chi connectivity index (χ0) is 29.5. The molecule has 1 fully saturated rings. The first-order valence-electron chi connectivity index (χ1n) is 14.1. The molecule has 2 N–H and O–H groups in total. The van der Waals surface area contributed by atoms with Gasteiger partial charge in [0.1, 0.15) is 11.6 Å². The van der Waals surface area contributed by atoms with E-state index in [9.17, 15) is 14.0 Å². The number of amides is 2. The van der Waals surface area contributed by atoms with E-state index < -0.39 is 0 Å². The van der Waals surface area contributed by atoms with Crippen molar-refractivity contribution >= 4 is 28.9 Å². The normalized spacial score (nSPS) is 13.8. The summed E-state index contributed by atoms with van der Waals surface area (Å²) in [4.78, 5) is 31.0. The van der Waals surface area contributed by atoms with Gasteiger partial charge in [0.05, 0.1) is 30.8 Å². The van der Waals surface area contributed by atoms with Crippen molar-refractivity contribution in [2.75, 3.05) is 48.4 Å². The second-order valence-corrected chi connectivity index (χ2v) is 10.3. The van der Waals surface area contributed by atoms with Crippen molar-refractivity contribution in [3.63, 3.8) is 0 Å². The van der Waals surface area contributed by atoms with Crippen LogP contribution < -0.4 is 25.2 Å². The zero-order valence-electron chi connectivity index (χ0n) is 23.8. The van der Waals surface area contributed by atoms with Crippen LogP contribution in [0.4, 0.5) is 21.5 Å². The molecule has 0 radical (unpaired) electrons. The molecule has 0 spiro atoms. The van der Waals surface area contributed by atoms with Crippen LogP contribution in [0.3, 0.4) is 0 Å². The van der Waals surface area contributed by atoms with Gasteiger partial charge < -0.3 is 25.2 Å². The number of hydrogen-bond acceptors (Lipinski definition) is 5. The zero-order valence-corrected chi connectivity index (χ0v) is 23.8. The van der Waals surface area contributed by atoms with Crippen LogP contribution in [0.25, 0.3) is 0 Å². The highest BCUT2D eigenvalue weighted by Crippen LogP contribution is 2.31. The Morgan fingerprint density at radius 2 is 1.48 bits per heavy atom. The van der Waals surface area contributed by atoms with E-state index in [1.165, 1.54) is 12.1 Å². The van der Waals surface area contributed by atoms with Gasteiger partial charge in [-0.3, -0.25) is 9.59 Å². The van der Waals surface area contributed by atoms with Crippen LogP contribution in [0.2, 0.25) is 0 Å². The number of piperazine rings is 1. The van der Waals surface area contributed by atoms with Crippen LogP contribution in [-0.2, 0) is 11.2 Å². The highest BCUT2D eigenvalue weighted by atomic mass is 19.1. The third kappa shape index (κ3) is 6.89. The van der Waals surface area contributed by atoms with E-state index in [1.54, 1.807) is 25.3 Å². The maximum absolute atomic E-state index is 13.7. The molecule has 1 heterocycles. The van der Waals surface area contributed by atoms with Gasteiger partial charge in [0.25, 0.3) is 5.91 Å². The molecule has 5 rings (SSSR count). The Bertz CT molecular complexity index is 1520. The minimum Gasteiger partial charge on any atom is -0.495 e. The molecule has 0 aliphatic carbocycles. The van der Waals surface area contributed by atoms with Crippen molar-refractivity contribution in [2.24, 2.45) is 0 Å². The highest BCUT2D eigenvalue weighted by Gasteiger charge is 2.24. The van der Waals surface area contributed by atoms with E-state index in [1.807, 2.05) is 67.6 Å². The summed E-state index contributed by atoms with van der Waals surface area (Å²) in [6.07, 6.45) is 0.0967. The molecular formula is C34H35FN4O3. The van der Waals surface area contributed by atoms with Gasteiger partial charge in [-0.2, -0.15) is 0 Å². The van der Waals surface area contributed by atoms with Crippen LogP contribution in [0.15, 0.2) is 97.1 Å². The van der Waals surface area contributed by atoms with Gasteiger partial charge in [0.2, 0.25) is 5.91 Å². The predicted octanol–water partition coefficient (Wildman–Crippen LogP) is 5.83. The number of benzene rings is 4. The average Bonchev–Trinajstić information content (AvgIpc) is 3.02. The first-order valence-corrected chi connectivity index (χ1v) is 14.1. The molecule has 4 aromatic carbocycles. The summed E-state index contributed by atoms with van der Waals surface area (Å²) in [6.45, 7) is 4.90. The van der Waals surface area contributed by atoms with Gasteiger partial charge >= 0.3 is 0 Å². The molecule has 216 valence electrons. The summed E-state index contributed by atoms with van der Waals surface area (Å²) in [5, 5.41) is 6.03. The minimum absolute atomic E-state index is 0.0967. The third-order valence-electron chi connectivity index (χ3n) is 7.50. The van der Waals surface area contributed by atoms with Crippen molar-refractivity contribution in [1.29, 1.82) is 0 Å². The first-order chi connectivity index (χ1) is 20.4. The lowest BCUT2D eigenvalue weighted by atomic mass is 10.1. The van der Waals surface area contributed by atoms with Gasteiger partial charge in [-0.05, 0) is 60.5 Å². The summed E-state index contributed by atoms with van der Waals surface area (Å²) < 4.78 is 18.8. The molecule has 1 saturated heterocycles. The molecule has 7 nitrogen and oxygen atoms in total. The van der Waals surface area contributed by atoms with Gasteiger partial charge in [-0.1, -0.05) is 54.6 Å². The number of nitrogens with zero attached hydrogens (tertiary/aromatic N) is 2. The number of nitrogens with one attached hydrogen (secondary N) is 2. The molecule has 0 bridgehead atoms. The summed E-state index contributed by atoms with van der Waals surface area (Å²) in [6, 6.07) is 28.9. The molecule has 0 saturated carbocycles. The van der Waals surface area contributed by atoms with Crippen LogP contribution in [-0.4, -0.2) is 45.1 Å². The SMILES string of the molecule is COc1ccccc1N1CCN(c2ccc(NC(=O)Cc3ccc(F)cc3)cc2C(=O)NC(C)c2ccccc2)CC1. The summed E-state index contributed by atoms with van der Waals surface area (Å²) in [5.74, 6) is 0.0208. The van der Waals surface area contributed by atoms with Crippen molar-refractivity contribution in [2.45, 2.75) is 19.4 Å². The number of methoxy groups -OCH3 is 1. The fraction of sp³-hybridized carbons (Fsp3) is 0.235. The van der Waals surface area contributed by atoms with Crippen molar-refractivity contribution in [3.05, 3.63) is 120 Å². The summed E-state index contributed by atoms with van der Waals surface area (Å²) >= 11 is 0. The average molecular weight is 567 g/mol. The molecule has 1 aliphatic rings. The molecule has 1 atom stereocenters. The maximum atomic E-state index is 13.7. The predicted molar refractivity (Wildman–Crippen MR) is 165 cm³/mol. The van der Waals surface area contributed by atoms with Gasteiger partial charge in [-0.15, -0.1) is 0 Å². The molecule has 0 aromatic heterocycles. The van der Waals surface area contributed by atoms with E-state index in [4.69, 9.17) is 4.74 Å². The summed E-state index contributed by atoms with van der Waals surface area (Å²) in [5.41, 5.74) is 4.58. The van der Waals surface area contributed by atoms with E-state index in [2.05, 4.69) is 26.5 Å². The first kappa shape index (κ1) is 28.7. The lowest BCUT2D eigenvalue weighted by Gasteiger charge is -2.38. The number of carbonyl (C=O) groups is 2. The Morgan fingerprint density at radius 3 is 2.17 bits per heavy atom. The van der Waals surface area contributed by atoms with Crippen LogP contribution in [0.5, 0.6) is 5.75 Å². The standard InChI is InChI=1S/C34H35FN4O3/c1-24(26-8-4-3-5-9-26)36-34(41)29-23-28(37-33(40)22-25-12-14-27(35)15-13-25)16-17-30(29)38-18-20-39(21-19-38)31-10-6-7-11-32(31)42-2/h3-17,23-24H,18-22H2,1-2H3,(H,36,41)(H,37,40). The fourth-order valence-corrected chi connectivity index (χ4v) is 5.24. The Kier molecular flexibility index (Phi) is 9.02. The number of halogens is 1. The Morgan fingerprint density at radius 1 is 0.833 bits per heavy atom. The van der Waals surface area contributed by atoms with Crippen LogP contribution in [0.1, 0.15) is 34.5 Å². The topological polar surface area (TPSA) is 73.9 Å². The molecule has 1 unspecified atom stereocenters. The number of carbonyl (C=O) groups excluding carboxylic acids is 2. The van der Waals surface area contributed by atoms with E-state index in [-0.39, 0.29) is 30.1 Å². The number of hydrogen-bond donors (Lipinski definition) is 2.